The van der Waals surface area contributed by atoms with Crippen molar-refractivity contribution in [2.45, 2.75) is 95.4 Å². The van der Waals surface area contributed by atoms with Gasteiger partial charge in [0.2, 0.25) is 0 Å². The Morgan fingerprint density at radius 3 is 2.33 bits per heavy atom. The molecular formula is C27H36F6O3. The predicted octanol–water partition coefficient (Wildman–Crippen LogP) is 6.57. The monoisotopic (exact) mass is 522 g/mol. The summed E-state index contributed by atoms with van der Waals surface area (Å²) in [4.78, 5) is 0. The fourth-order valence-electron chi connectivity index (χ4n) is 6.59. The Morgan fingerprint density at radius 1 is 1.08 bits per heavy atom. The van der Waals surface area contributed by atoms with Crippen LogP contribution >= 0.6 is 0 Å². The molecule has 9 heteroatoms. The highest BCUT2D eigenvalue weighted by atomic mass is 19.4. The lowest BCUT2D eigenvalue weighted by atomic mass is 9.61. The molecule has 204 valence electrons. The normalized spacial score (nSPS) is 35.6. The Hall–Kier alpha value is -1.58. The van der Waals surface area contributed by atoms with E-state index < -0.39 is 36.6 Å². The van der Waals surface area contributed by atoms with E-state index in [9.17, 15) is 41.7 Å². The second kappa shape index (κ2) is 10.3. The van der Waals surface area contributed by atoms with E-state index in [1.54, 1.807) is 0 Å². The van der Waals surface area contributed by atoms with Crippen LogP contribution in [0.5, 0.6) is 0 Å². The summed E-state index contributed by atoms with van der Waals surface area (Å²) in [7, 11) is 0. The second-order valence-electron chi connectivity index (χ2n) is 11.0. The van der Waals surface area contributed by atoms with Gasteiger partial charge in [0, 0.05) is 12.8 Å². The maximum absolute atomic E-state index is 13.0. The molecule has 3 aliphatic rings. The van der Waals surface area contributed by atoms with Gasteiger partial charge in [-0.05, 0) is 72.8 Å². The summed E-state index contributed by atoms with van der Waals surface area (Å²) in [6.45, 7) is 7.90. The summed E-state index contributed by atoms with van der Waals surface area (Å²) in [5.74, 6) is 0.0537. The van der Waals surface area contributed by atoms with E-state index in [-0.39, 0.29) is 29.6 Å². The van der Waals surface area contributed by atoms with Crippen LogP contribution in [0.3, 0.4) is 0 Å². The molecule has 0 aliphatic heterocycles. The summed E-state index contributed by atoms with van der Waals surface area (Å²) in [6, 6.07) is 0. The zero-order valence-corrected chi connectivity index (χ0v) is 20.7. The van der Waals surface area contributed by atoms with Crippen molar-refractivity contribution >= 4 is 0 Å². The van der Waals surface area contributed by atoms with Crippen molar-refractivity contribution in [3.05, 3.63) is 47.6 Å². The largest absolute Gasteiger partial charge is 0.426 e. The summed E-state index contributed by atoms with van der Waals surface area (Å²) in [5.41, 5.74) is -2.26. The minimum atomic E-state index is -5.82. The van der Waals surface area contributed by atoms with Gasteiger partial charge in [-0.3, -0.25) is 0 Å². The van der Waals surface area contributed by atoms with E-state index in [1.165, 1.54) is 11.6 Å². The van der Waals surface area contributed by atoms with E-state index >= 15 is 0 Å². The Bertz CT molecular complexity index is 901. The molecule has 3 fully saturated rings. The molecule has 3 N–H and O–H groups in total. The van der Waals surface area contributed by atoms with Gasteiger partial charge < -0.3 is 15.3 Å². The molecule has 0 bridgehead atoms. The molecule has 0 unspecified atom stereocenters. The van der Waals surface area contributed by atoms with Crippen molar-refractivity contribution in [1.29, 1.82) is 0 Å². The Balaban J connectivity index is 1.75. The van der Waals surface area contributed by atoms with Crippen LogP contribution < -0.4 is 0 Å². The first-order chi connectivity index (χ1) is 16.5. The van der Waals surface area contributed by atoms with Crippen LogP contribution in [-0.4, -0.2) is 45.5 Å². The molecule has 3 saturated carbocycles. The summed E-state index contributed by atoms with van der Waals surface area (Å²) < 4.78 is 77.9. The van der Waals surface area contributed by atoms with Gasteiger partial charge in [-0.15, -0.1) is 0 Å². The van der Waals surface area contributed by atoms with Crippen LogP contribution in [0.4, 0.5) is 26.3 Å². The Kier molecular flexibility index (Phi) is 8.29. The van der Waals surface area contributed by atoms with E-state index in [0.29, 0.717) is 12.0 Å². The summed E-state index contributed by atoms with van der Waals surface area (Å²) in [6.07, 6.45) is -3.36. The number of halogens is 6. The number of hydrogen-bond acceptors (Lipinski definition) is 3. The quantitative estimate of drug-likeness (QED) is 0.283. The molecule has 3 aliphatic carbocycles. The molecule has 0 heterocycles. The van der Waals surface area contributed by atoms with Gasteiger partial charge in [-0.25, -0.2) is 0 Å². The van der Waals surface area contributed by atoms with Gasteiger partial charge in [0.25, 0.3) is 5.60 Å². The lowest BCUT2D eigenvalue weighted by Crippen LogP contribution is -2.56. The first-order valence-corrected chi connectivity index (χ1v) is 12.5. The number of fused-ring (bicyclic) bond motifs is 1. The number of allylic oxidation sites excluding steroid dienone is 4. The summed E-state index contributed by atoms with van der Waals surface area (Å²) >= 11 is 0. The third-order valence-electron chi connectivity index (χ3n) is 8.73. The molecule has 0 aromatic heterocycles. The number of rotatable bonds is 5. The first kappa shape index (κ1) is 29.0. The van der Waals surface area contributed by atoms with Crippen molar-refractivity contribution in [2.24, 2.45) is 23.2 Å². The van der Waals surface area contributed by atoms with E-state index in [2.05, 4.69) is 13.5 Å². The highest BCUT2D eigenvalue weighted by molar-refractivity contribution is 5.38. The topological polar surface area (TPSA) is 60.7 Å². The highest BCUT2D eigenvalue weighted by Crippen LogP contribution is 2.59. The average molecular weight is 523 g/mol. The minimum Gasteiger partial charge on any atom is -0.393 e. The average Bonchev–Trinajstić information content (AvgIpc) is 3.11. The van der Waals surface area contributed by atoms with Crippen molar-refractivity contribution in [3.63, 3.8) is 0 Å². The number of aliphatic hydroxyl groups is 3. The smallest absolute Gasteiger partial charge is 0.393 e. The molecule has 0 radical (unpaired) electrons. The minimum absolute atomic E-state index is 0.0771. The number of hydrogen-bond donors (Lipinski definition) is 3. The van der Waals surface area contributed by atoms with Crippen molar-refractivity contribution in [2.75, 3.05) is 0 Å². The van der Waals surface area contributed by atoms with Crippen LogP contribution in [0, 0.1) is 23.2 Å². The zero-order valence-electron chi connectivity index (χ0n) is 20.7. The maximum Gasteiger partial charge on any atom is 0.426 e. The van der Waals surface area contributed by atoms with Crippen LogP contribution in [0.1, 0.15) is 65.2 Å². The standard InChI is InChI=1S/C27H36F6O3/c1-16(6-4-13-25(36,26(28,29)30)27(31,32)33)21-10-11-22-18(7-5-12-24(21,22)3)8-9-19-14-20(34)15-23(35)17(19)2/h4,6,8-9,16,20-23,34-36H,2,5,7,10-15H2,1,3H3/t16-,20+,21+,22-,23-,24+/m0/s1. The van der Waals surface area contributed by atoms with E-state index in [0.717, 1.165) is 43.8 Å². The van der Waals surface area contributed by atoms with Crippen LogP contribution in [0.15, 0.2) is 47.6 Å². The van der Waals surface area contributed by atoms with Crippen LogP contribution in [-0.2, 0) is 0 Å². The molecule has 6 atom stereocenters. The number of aliphatic hydroxyl groups excluding tert-OH is 2. The number of alkyl halides is 6. The fraction of sp³-hybridized carbons (Fsp3) is 0.704. The van der Waals surface area contributed by atoms with Crippen molar-refractivity contribution < 1.29 is 41.7 Å². The highest BCUT2D eigenvalue weighted by Gasteiger charge is 2.69. The zero-order chi connectivity index (χ0) is 27.1. The van der Waals surface area contributed by atoms with Crippen LogP contribution in [0.25, 0.3) is 0 Å². The van der Waals surface area contributed by atoms with Gasteiger partial charge in [0.15, 0.2) is 0 Å². The van der Waals surface area contributed by atoms with Gasteiger partial charge in [0.05, 0.1) is 12.2 Å². The van der Waals surface area contributed by atoms with Gasteiger partial charge >= 0.3 is 12.4 Å². The lowest BCUT2D eigenvalue weighted by molar-refractivity contribution is -0.366. The lowest BCUT2D eigenvalue weighted by Gasteiger charge is -2.44. The van der Waals surface area contributed by atoms with Gasteiger partial charge in [0.1, 0.15) is 0 Å². The molecule has 0 spiro atoms. The summed E-state index contributed by atoms with van der Waals surface area (Å²) in [5, 5.41) is 29.5. The maximum atomic E-state index is 13.0. The molecule has 3 rings (SSSR count). The third kappa shape index (κ3) is 5.48. The molecule has 36 heavy (non-hydrogen) atoms. The van der Waals surface area contributed by atoms with E-state index in [4.69, 9.17) is 0 Å². The molecular weight excluding hydrogens is 486 g/mol. The Morgan fingerprint density at radius 2 is 1.72 bits per heavy atom. The fourth-order valence-corrected chi connectivity index (χ4v) is 6.59. The van der Waals surface area contributed by atoms with Crippen LogP contribution in [0.2, 0.25) is 0 Å². The Labute approximate surface area is 208 Å². The molecule has 0 saturated heterocycles. The second-order valence-corrected chi connectivity index (χ2v) is 11.0. The molecule has 3 nitrogen and oxygen atoms in total. The first-order valence-electron chi connectivity index (χ1n) is 12.5. The van der Waals surface area contributed by atoms with Crippen molar-refractivity contribution in [1.82, 2.24) is 0 Å². The SMILES string of the molecule is C=C1C(=CC=C2CCC[C@]3(C)[C@@H]([C@@H](C)C=CCC(O)(C(F)(F)F)C(F)(F)F)CC[C@@H]23)C[C@@H](O)C[C@@H]1O. The molecule has 0 aromatic rings. The molecule has 0 amide bonds. The van der Waals surface area contributed by atoms with Gasteiger partial charge in [-0.2, -0.15) is 26.3 Å². The molecule has 0 aromatic carbocycles. The third-order valence-corrected chi connectivity index (χ3v) is 8.73. The van der Waals surface area contributed by atoms with Gasteiger partial charge in [-0.1, -0.05) is 50.3 Å². The predicted molar refractivity (Wildman–Crippen MR) is 125 cm³/mol. The van der Waals surface area contributed by atoms with E-state index in [1.807, 2.05) is 19.1 Å². The van der Waals surface area contributed by atoms with Crippen molar-refractivity contribution in [3.8, 4) is 0 Å².